The molecule has 1 atom stereocenters. The average molecular weight is 223 g/mol. The Morgan fingerprint density at radius 1 is 1.50 bits per heavy atom. The van der Waals surface area contributed by atoms with Crippen LogP contribution in [0, 0.1) is 5.82 Å². The van der Waals surface area contributed by atoms with Gasteiger partial charge in [-0.1, -0.05) is 12.1 Å². The SMILES string of the molecule is COC(=O)C1=NC(c2ccc(F)cc2)OC1. The predicted octanol–water partition coefficient (Wildman–Crippen LogP) is 1.47. The number of halogens is 1. The van der Waals surface area contributed by atoms with Crippen molar-refractivity contribution in [1.82, 2.24) is 0 Å². The van der Waals surface area contributed by atoms with Gasteiger partial charge in [-0.25, -0.2) is 14.2 Å². The van der Waals surface area contributed by atoms with Crippen LogP contribution < -0.4 is 0 Å². The van der Waals surface area contributed by atoms with Crippen molar-refractivity contribution in [3.05, 3.63) is 35.6 Å². The van der Waals surface area contributed by atoms with Crippen LogP contribution in [-0.4, -0.2) is 25.4 Å². The molecule has 0 bridgehead atoms. The Kier molecular flexibility index (Phi) is 2.96. The molecule has 0 spiro atoms. The van der Waals surface area contributed by atoms with Crippen LogP contribution in [0.1, 0.15) is 11.8 Å². The maximum atomic E-state index is 12.7. The monoisotopic (exact) mass is 223 g/mol. The Morgan fingerprint density at radius 3 is 2.81 bits per heavy atom. The van der Waals surface area contributed by atoms with Crippen molar-refractivity contribution in [2.75, 3.05) is 13.7 Å². The van der Waals surface area contributed by atoms with Crippen molar-refractivity contribution >= 4 is 11.7 Å². The molecule has 1 unspecified atom stereocenters. The first kappa shape index (κ1) is 10.8. The molecule has 1 aliphatic rings. The van der Waals surface area contributed by atoms with E-state index in [4.69, 9.17) is 4.74 Å². The van der Waals surface area contributed by atoms with Crippen LogP contribution in [0.15, 0.2) is 29.3 Å². The summed E-state index contributed by atoms with van der Waals surface area (Å²) in [5.74, 6) is -0.816. The lowest BCUT2D eigenvalue weighted by Gasteiger charge is -2.05. The molecule has 1 aromatic rings. The lowest BCUT2D eigenvalue weighted by molar-refractivity contribution is -0.132. The van der Waals surface area contributed by atoms with Crippen molar-refractivity contribution in [2.45, 2.75) is 6.23 Å². The summed E-state index contributed by atoms with van der Waals surface area (Å²) in [6.45, 7) is 0.120. The number of rotatable bonds is 2. The van der Waals surface area contributed by atoms with Crippen LogP contribution in [0.4, 0.5) is 4.39 Å². The van der Waals surface area contributed by atoms with E-state index in [0.29, 0.717) is 5.56 Å². The highest BCUT2D eigenvalue weighted by molar-refractivity contribution is 6.37. The number of hydrogen-bond donors (Lipinski definition) is 0. The molecular weight excluding hydrogens is 213 g/mol. The molecule has 0 amide bonds. The summed E-state index contributed by atoms with van der Waals surface area (Å²) in [7, 11) is 1.29. The van der Waals surface area contributed by atoms with Gasteiger partial charge in [0.05, 0.1) is 13.7 Å². The number of esters is 1. The van der Waals surface area contributed by atoms with Crippen LogP contribution >= 0.6 is 0 Å². The van der Waals surface area contributed by atoms with Gasteiger partial charge in [-0.05, 0) is 12.1 Å². The first-order valence-corrected chi connectivity index (χ1v) is 4.73. The summed E-state index contributed by atoms with van der Waals surface area (Å²) in [6, 6.07) is 5.79. The molecule has 4 nitrogen and oxygen atoms in total. The third-order valence-corrected chi connectivity index (χ3v) is 2.23. The fourth-order valence-corrected chi connectivity index (χ4v) is 1.40. The first-order valence-electron chi connectivity index (χ1n) is 4.73. The predicted molar refractivity (Wildman–Crippen MR) is 54.5 cm³/mol. The van der Waals surface area contributed by atoms with E-state index in [2.05, 4.69) is 9.73 Å². The molecule has 16 heavy (non-hydrogen) atoms. The zero-order chi connectivity index (χ0) is 11.5. The quantitative estimate of drug-likeness (QED) is 0.713. The van der Waals surface area contributed by atoms with E-state index in [1.165, 1.54) is 19.2 Å². The van der Waals surface area contributed by atoms with Gasteiger partial charge >= 0.3 is 5.97 Å². The van der Waals surface area contributed by atoms with Gasteiger partial charge in [0.2, 0.25) is 0 Å². The maximum Gasteiger partial charge on any atom is 0.354 e. The summed E-state index contributed by atoms with van der Waals surface area (Å²) in [6.07, 6.45) is -0.547. The Balaban J connectivity index is 2.16. The van der Waals surface area contributed by atoms with Crippen molar-refractivity contribution < 1.29 is 18.7 Å². The highest BCUT2D eigenvalue weighted by atomic mass is 19.1. The van der Waals surface area contributed by atoms with Gasteiger partial charge in [0.15, 0.2) is 6.23 Å². The summed E-state index contributed by atoms with van der Waals surface area (Å²) in [5.41, 5.74) is 0.956. The molecule has 1 heterocycles. The average Bonchev–Trinajstić information content (AvgIpc) is 2.78. The van der Waals surface area contributed by atoms with E-state index >= 15 is 0 Å². The molecule has 2 rings (SSSR count). The van der Waals surface area contributed by atoms with Crippen molar-refractivity contribution in [3.63, 3.8) is 0 Å². The number of carbonyl (C=O) groups excluding carboxylic acids is 1. The molecule has 0 aromatic heterocycles. The van der Waals surface area contributed by atoms with Crippen molar-refractivity contribution in [2.24, 2.45) is 4.99 Å². The van der Waals surface area contributed by atoms with E-state index in [1.807, 2.05) is 0 Å². The molecule has 0 fully saturated rings. The van der Waals surface area contributed by atoms with Gasteiger partial charge in [0.1, 0.15) is 11.5 Å². The largest absolute Gasteiger partial charge is 0.464 e. The van der Waals surface area contributed by atoms with Crippen LogP contribution in [-0.2, 0) is 14.3 Å². The lowest BCUT2D eigenvalue weighted by atomic mass is 10.2. The number of aliphatic imine (C=N–C) groups is 1. The van der Waals surface area contributed by atoms with Gasteiger partial charge < -0.3 is 9.47 Å². The molecule has 1 aromatic carbocycles. The third kappa shape index (κ3) is 2.09. The maximum absolute atomic E-state index is 12.7. The van der Waals surface area contributed by atoms with Crippen molar-refractivity contribution in [3.8, 4) is 0 Å². The normalized spacial score (nSPS) is 19.4. The number of methoxy groups -OCH3 is 1. The van der Waals surface area contributed by atoms with Gasteiger partial charge in [-0.15, -0.1) is 0 Å². The van der Waals surface area contributed by atoms with Crippen LogP contribution in [0.3, 0.4) is 0 Å². The van der Waals surface area contributed by atoms with Crippen LogP contribution in [0.2, 0.25) is 0 Å². The second-order valence-electron chi connectivity index (χ2n) is 3.28. The second-order valence-corrected chi connectivity index (χ2v) is 3.28. The molecule has 0 saturated heterocycles. The number of hydrogen-bond acceptors (Lipinski definition) is 4. The van der Waals surface area contributed by atoms with Crippen molar-refractivity contribution in [1.29, 1.82) is 0 Å². The lowest BCUT2D eigenvalue weighted by Crippen LogP contribution is -2.16. The number of carbonyl (C=O) groups is 1. The molecule has 0 radical (unpaired) electrons. The minimum absolute atomic E-state index is 0.120. The molecule has 84 valence electrons. The third-order valence-electron chi connectivity index (χ3n) is 2.23. The van der Waals surface area contributed by atoms with E-state index in [9.17, 15) is 9.18 Å². The summed E-state index contributed by atoms with van der Waals surface area (Å²) >= 11 is 0. The Hall–Kier alpha value is -1.75. The van der Waals surface area contributed by atoms with Gasteiger partial charge in [0.25, 0.3) is 0 Å². The zero-order valence-corrected chi connectivity index (χ0v) is 8.64. The zero-order valence-electron chi connectivity index (χ0n) is 8.64. The fourth-order valence-electron chi connectivity index (χ4n) is 1.40. The highest BCUT2D eigenvalue weighted by Crippen LogP contribution is 2.23. The fraction of sp³-hybridized carbons (Fsp3) is 0.273. The molecule has 1 aliphatic heterocycles. The molecule has 5 heteroatoms. The molecule has 0 aliphatic carbocycles. The topological polar surface area (TPSA) is 47.9 Å². The Morgan fingerprint density at radius 2 is 2.19 bits per heavy atom. The second kappa shape index (κ2) is 4.40. The molecular formula is C11H10FNO3. The van der Waals surface area contributed by atoms with Gasteiger partial charge in [0, 0.05) is 5.56 Å². The number of benzene rings is 1. The minimum atomic E-state index is -0.547. The van der Waals surface area contributed by atoms with Crippen LogP contribution in [0.25, 0.3) is 0 Å². The van der Waals surface area contributed by atoms with E-state index in [1.54, 1.807) is 12.1 Å². The summed E-state index contributed by atoms with van der Waals surface area (Å²) in [5, 5.41) is 0. The van der Waals surface area contributed by atoms with Gasteiger partial charge in [-0.2, -0.15) is 0 Å². The first-order chi connectivity index (χ1) is 7.70. The smallest absolute Gasteiger partial charge is 0.354 e. The molecule has 0 saturated carbocycles. The highest BCUT2D eigenvalue weighted by Gasteiger charge is 2.24. The molecule has 0 N–H and O–H groups in total. The minimum Gasteiger partial charge on any atom is -0.464 e. The summed E-state index contributed by atoms with van der Waals surface area (Å²) in [4.78, 5) is 15.2. The number of ether oxygens (including phenoxy) is 2. The van der Waals surface area contributed by atoms with E-state index < -0.39 is 12.2 Å². The van der Waals surface area contributed by atoms with E-state index in [-0.39, 0.29) is 18.1 Å². The van der Waals surface area contributed by atoms with Gasteiger partial charge in [-0.3, -0.25) is 0 Å². The summed E-state index contributed by atoms with van der Waals surface area (Å²) < 4.78 is 22.5. The Bertz CT molecular complexity index is 427. The Labute approximate surface area is 91.7 Å². The number of nitrogens with zero attached hydrogens (tertiary/aromatic N) is 1. The standard InChI is InChI=1S/C11H10FNO3/c1-15-11(14)9-6-16-10(13-9)7-2-4-8(12)5-3-7/h2-5,10H,6H2,1H3. The van der Waals surface area contributed by atoms with E-state index in [0.717, 1.165) is 0 Å². The van der Waals surface area contributed by atoms with Crippen LogP contribution in [0.5, 0.6) is 0 Å².